The standard InChI is InChI=1S/C17H35N3O3/c1-17(2,3)23-16(21)20-11-6-5-9-15(20)12-19-14(13-22-4)8-7-10-18/h14-15,19H,5-13,18H2,1-4H3. The number of piperidine rings is 1. The summed E-state index contributed by atoms with van der Waals surface area (Å²) in [6.45, 7) is 8.63. The van der Waals surface area contributed by atoms with E-state index in [1.54, 1.807) is 7.11 Å². The normalized spacial score (nSPS) is 20.4. The molecule has 0 aliphatic carbocycles. The summed E-state index contributed by atoms with van der Waals surface area (Å²) in [7, 11) is 1.71. The zero-order chi connectivity index (χ0) is 17.3. The van der Waals surface area contributed by atoms with Crippen LogP contribution in [-0.4, -0.2) is 62.0 Å². The second-order valence-electron chi connectivity index (χ2n) is 7.31. The zero-order valence-electron chi connectivity index (χ0n) is 15.3. The predicted molar refractivity (Wildman–Crippen MR) is 92.5 cm³/mol. The molecule has 23 heavy (non-hydrogen) atoms. The summed E-state index contributed by atoms with van der Waals surface area (Å²) >= 11 is 0. The number of hydrogen-bond donors (Lipinski definition) is 2. The molecule has 1 rings (SSSR count). The Morgan fingerprint density at radius 3 is 2.74 bits per heavy atom. The van der Waals surface area contributed by atoms with Crippen LogP contribution in [0.1, 0.15) is 52.9 Å². The molecule has 2 unspecified atom stereocenters. The van der Waals surface area contributed by atoms with E-state index in [1.807, 2.05) is 25.7 Å². The van der Waals surface area contributed by atoms with Gasteiger partial charge in [-0.15, -0.1) is 0 Å². The number of carbonyl (C=O) groups is 1. The number of amides is 1. The molecular formula is C17H35N3O3. The van der Waals surface area contributed by atoms with Crippen molar-refractivity contribution in [2.45, 2.75) is 70.6 Å². The molecule has 0 radical (unpaired) electrons. The van der Waals surface area contributed by atoms with Crippen LogP contribution in [0.3, 0.4) is 0 Å². The van der Waals surface area contributed by atoms with Crippen LogP contribution in [-0.2, 0) is 9.47 Å². The summed E-state index contributed by atoms with van der Waals surface area (Å²) in [6, 6.07) is 0.474. The molecule has 1 aliphatic rings. The summed E-state index contributed by atoms with van der Waals surface area (Å²) in [5.74, 6) is 0. The van der Waals surface area contributed by atoms with Gasteiger partial charge in [0.05, 0.1) is 6.61 Å². The molecule has 0 aromatic rings. The second kappa shape index (κ2) is 10.1. The highest BCUT2D eigenvalue weighted by Crippen LogP contribution is 2.20. The summed E-state index contributed by atoms with van der Waals surface area (Å²) in [5, 5.41) is 3.54. The van der Waals surface area contributed by atoms with Crippen molar-refractivity contribution in [1.29, 1.82) is 0 Å². The lowest BCUT2D eigenvalue weighted by Gasteiger charge is -2.37. The first-order valence-corrected chi connectivity index (χ1v) is 8.79. The van der Waals surface area contributed by atoms with Gasteiger partial charge in [-0.25, -0.2) is 4.79 Å². The summed E-state index contributed by atoms with van der Waals surface area (Å²) in [5.41, 5.74) is 5.14. The van der Waals surface area contributed by atoms with Crippen LogP contribution in [0, 0.1) is 0 Å². The molecule has 1 aliphatic heterocycles. The topological polar surface area (TPSA) is 76.8 Å². The van der Waals surface area contributed by atoms with Crippen LogP contribution in [0.2, 0.25) is 0 Å². The maximum atomic E-state index is 12.4. The monoisotopic (exact) mass is 329 g/mol. The average Bonchev–Trinajstić information content (AvgIpc) is 2.48. The van der Waals surface area contributed by atoms with Crippen LogP contribution in [0.25, 0.3) is 0 Å². The van der Waals surface area contributed by atoms with Gasteiger partial charge in [-0.2, -0.15) is 0 Å². The van der Waals surface area contributed by atoms with Gasteiger partial charge in [-0.3, -0.25) is 0 Å². The fraction of sp³-hybridized carbons (Fsp3) is 0.941. The fourth-order valence-corrected chi connectivity index (χ4v) is 2.89. The second-order valence-corrected chi connectivity index (χ2v) is 7.31. The Morgan fingerprint density at radius 2 is 2.13 bits per heavy atom. The van der Waals surface area contributed by atoms with Crippen LogP contribution in [0.5, 0.6) is 0 Å². The largest absolute Gasteiger partial charge is 0.444 e. The molecule has 136 valence electrons. The molecule has 0 bridgehead atoms. The van der Waals surface area contributed by atoms with E-state index in [0.29, 0.717) is 13.2 Å². The molecule has 1 fully saturated rings. The smallest absolute Gasteiger partial charge is 0.410 e. The van der Waals surface area contributed by atoms with Gasteiger partial charge < -0.3 is 25.4 Å². The molecular weight excluding hydrogens is 294 g/mol. The van der Waals surface area contributed by atoms with Crippen molar-refractivity contribution >= 4 is 6.09 Å². The lowest BCUT2D eigenvalue weighted by atomic mass is 10.0. The van der Waals surface area contributed by atoms with Gasteiger partial charge >= 0.3 is 6.09 Å². The quantitative estimate of drug-likeness (QED) is 0.713. The molecule has 3 N–H and O–H groups in total. The van der Waals surface area contributed by atoms with E-state index >= 15 is 0 Å². The summed E-state index contributed by atoms with van der Waals surface area (Å²) in [4.78, 5) is 14.3. The third-order valence-electron chi connectivity index (χ3n) is 4.02. The number of nitrogens with zero attached hydrogens (tertiary/aromatic N) is 1. The number of hydrogen-bond acceptors (Lipinski definition) is 5. The number of methoxy groups -OCH3 is 1. The molecule has 6 nitrogen and oxygen atoms in total. The molecule has 0 aromatic heterocycles. The number of likely N-dealkylation sites (tertiary alicyclic amines) is 1. The van der Waals surface area contributed by atoms with Crippen molar-refractivity contribution < 1.29 is 14.3 Å². The third-order valence-corrected chi connectivity index (χ3v) is 4.02. The summed E-state index contributed by atoms with van der Waals surface area (Å²) < 4.78 is 10.8. The number of ether oxygens (including phenoxy) is 2. The average molecular weight is 329 g/mol. The highest BCUT2D eigenvalue weighted by molar-refractivity contribution is 5.68. The van der Waals surface area contributed by atoms with Crippen LogP contribution < -0.4 is 11.1 Å². The Hall–Kier alpha value is -0.850. The summed E-state index contributed by atoms with van der Waals surface area (Å²) in [6.07, 6.45) is 4.98. The van der Waals surface area contributed by atoms with Gasteiger partial charge in [0.25, 0.3) is 0 Å². The van der Waals surface area contributed by atoms with Crippen molar-refractivity contribution in [3.63, 3.8) is 0 Å². The molecule has 1 heterocycles. The predicted octanol–water partition coefficient (Wildman–Crippen LogP) is 2.12. The van der Waals surface area contributed by atoms with Gasteiger partial charge in [0, 0.05) is 32.3 Å². The van der Waals surface area contributed by atoms with Gasteiger partial charge in [0.1, 0.15) is 5.60 Å². The maximum Gasteiger partial charge on any atom is 0.410 e. The molecule has 6 heteroatoms. The van der Waals surface area contributed by atoms with Crippen LogP contribution in [0.4, 0.5) is 4.79 Å². The van der Waals surface area contributed by atoms with Crippen molar-refractivity contribution in [3.8, 4) is 0 Å². The highest BCUT2D eigenvalue weighted by Gasteiger charge is 2.30. The highest BCUT2D eigenvalue weighted by atomic mass is 16.6. The molecule has 0 aromatic carbocycles. The molecule has 1 amide bonds. The van der Waals surface area contributed by atoms with Crippen molar-refractivity contribution in [2.24, 2.45) is 5.73 Å². The maximum absolute atomic E-state index is 12.4. The lowest BCUT2D eigenvalue weighted by Crippen LogP contribution is -2.51. The van der Waals surface area contributed by atoms with E-state index in [1.165, 1.54) is 0 Å². The number of nitrogens with one attached hydrogen (secondary N) is 1. The van der Waals surface area contributed by atoms with Crippen molar-refractivity contribution in [2.75, 3.05) is 33.4 Å². The lowest BCUT2D eigenvalue weighted by molar-refractivity contribution is 0.00927. The number of nitrogens with two attached hydrogens (primary N) is 1. The third kappa shape index (κ3) is 7.99. The fourth-order valence-electron chi connectivity index (χ4n) is 2.89. The Kier molecular flexibility index (Phi) is 8.87. The molecule has 2 atom stereocenters. The molecule has 0 spiro atoms. The SMILES string of the molecule is COCC(CCCN)NCC1CCCCN1C(=O)OC(C)(C)C. The Morgan fingerprint density at radius 1 is 1.39 bits per heavy atom. The minimum atomic E-state index is -0.452. The van der Waals surface area contributed by atoms with E-state index in [2.05, 4.69) is 5.32 Å². The first-order valence-electron chi connectivity index (χ1n) is 8.79. The van der Waals surface area contributed by atoms with E-state index in [9.17, 15) is 4.79 Å². The van der Waals surface area contributed by atoms with Crippen LogP contribution >= 0.6 is 0 Å². The van der Waals surface area contributed by atoms with Gasteiger partial charge in [0.2, 0.25) is 0 Å². The Labute approximate surface area is 141 Å². The Bertz CT molecular complexity index is 344. The Balaban J connectivity index is 2.54. The van der Waals surface area contributed by atoms with E-state index in [-0.39, 0.29) is 18.2 Å². The number of rotatable bonds is 8. The van der Waals surface area contributed by atoms with Gasteiger partial charge in [0.15, 0.2) is 0 Å². The van der Waals surface area contributed by atoms with Gasteiger partial charge in [-0.1, -0.05) is 0 Å². The molecule has 0 saturated carbocycles. The van der Waals surface area contributed by atoms with Gasteiger partial charge in [-0.05, 0) is 59.4 Å². The first kappa shape index (κ1) is 20.2. The van der Waals surface area contributed by atoms with Crippen molar-refractivity contribution in [3.05, 3.63) is 0 Å². The van der Waals surface area contributed by atoms with E-state index in [4.69, 9.17) is 15.2 Å². The minimum Gasteiger partial charge on any atom is -0.444 e. The van der Waals surface area contributed by atoms with E-state index in [0.717, 1.165) is 45.2 Å². The molecule has 1 saturated heterocycles. The van der Waals surface area contributed by atoms with E-state index < -0.39 is 5.60 Å². The first-order chi connectivity index (χ1) is 10.9. The number of carbonyl (C=O) groups excluding carboxylic acids is 1. The van der Waals surface area contributed by atoms with Crippen LogP contribution in [0.15, 0.2) is 0 Å². The van der Waals surface area contributed by atoms with Crippen molar-refractivity contribution in [1.82, 2.24) is 10.2 Å². The minimum absolute atomic E-state index is 0.191. The zero-order valence-corrected chi connectivity index (χ0v) is 15.3.